The minimum atomic E-state index is -3.64. The van der Waals surface area contributed by atoms with Crippen LogP contribution >= 0.6 is 0 Å². The molecule has 0 saturated heterocycles. The first-order valence-electron chi connectivity index (χ1n) is 12.3. The number of furan rings is 1. The van der Waals surface area contributed by atoms with Gasteiger partial charge in [-0.25, -0.2) is 12.8 Å². The molecule has 37 heavy (non-hydrogen) atoms. The van der Waals surface area contributed by atoms with Crippen molar-refractivity contribution in [1.29, 1.82) is 0 Å². The van der Waals surface area contributed by atoms with Crippen molar-refractivity contribution in [2.75, 3.05) is 24.2 Å². The lowest BCUT2D eigenvalue weighted by molar-refractivity contribution is 0.0964. The summed E-state index contributed by atoms with van der Waals surface area (Å²) in [7, 11) is -2.11. The second-order valence-electron chi connectivity index (χ2n) is 9.10. The van der Waals surface area contributed by atoms with Crippen molar-refractivity contribution in [3.8, 4) is 22.5 Å². The lowest BCUT2D eigenvalue weighted by atomic mass is 9.97. The van der Waals surface area contributed by atoms with Crippen molar-refractivity contribution in [2.45, 2.75) is 26.7 Å². The predicted molar refractivity (Wildman–Crippen MR) is 147 cm³/mol. The van der Waals surface area contributed by atoms with Crippen LogP contribution in [0.15, 0.2) is 71.1 Å². The Kier molecular flexibility index (Phi) is 7.68. The van der Waals surface area contributed by atoms with Crippen molar-refractivity contribution < 1.29 is 22.0 Å². The fourth-order valence-electron chi connectivity index (χ4n) is 4.54. The van der Waals surface area contributed by atoms with Crippen molar-refractivity contribution in [2.24, 2.45) is 5.92 Å². The van der Waals surface area contributed by atoms with Crippen LogP contribution in [0.4, 0.5) is 10.1 Å². The van der Waals surface area contributed by atoms with E-state index < -0.39 is 15.8 Å². The minimum absolute atomic E-state index is 0.168. The molecule has 0 atom stereocenters. The molecule has 0 bridgehead atoms. The quantitative estimate of drug-likeness (QED) is 0.273. The van der Waals surface area contributed by atoms with Crippen LogP contribution in [0.25, 0.3) is 33.4 Å². The maximum Gasteiger partial charge on any atom is 0.255 e. The molecule has 8 heteroatoms. The lowest BCUT2D eigenvalue weighted by Crippen LogP contribution is -2.34. The third-order valence-corrected chi connectivity index (χ3v) is 7.85. The van der Waals surface area contributed by atoms with Gasteiger partial charge >= 0.3 is 0 Å². The number of hydrogen-bond acceptors (Lipinski definition) is 4. The fraction of sp³-hybridized carbons (Fsp3) is 0.276. The van der Waals surface area contributed by atoms with Gasteiger partial charge < -0.3 is 9.73 Å². The van der Waals surface area contributed by atoms with E-state index in [1.165, 1.54) is 29.7 Å². The second-order valence-corrected chi connectivity index (χ2v) is 11.0. The first-order valence-corrected chi connectivity index (χ1v) is 14.1. The topological polar surface area (TPSA) is 79.6 Å². The van der Waals surface area contributed by atoms with Crippen molar-refractivity contribution in [3.05, 3.63) is 78.1 Å². The van der Waals surface area contributed by atoms with E-state index in [1.807, 2.05) is 50.2 Å². The van der Waals surface area contributed by atoms with Crippen molar-refractivity contribution in [3.63, 3.8) is 0 Å². The van der Waals surface area contributed by atoms with Gasteiger partial charge in [0.25, 0.3) is 5.91 Å². The van der Waals surface area contributed by atoms with E-state index in [-0.39, 0.29) is 17.6 Å². The summed E-state index contributed by atoms with van der Waals surface area (Å²) in [6.07, 6.45) is 2.87. The van der Waals surface area contributed by atoms with Crippen LogP contribution in [0.5, 0.6) is 0 Å². The van der Waals surface area contributed by atoms with E-state index in [4.69, 9.17) is 4.42 Å². The number of rotatable bonds is 9. The van der Waals surface area contributed by atoms with Gasteiger partial charge in [0.1, 0.15) is 17.2 Å². The first kappa shape index (κ1) is 26.4. The molecule has 4 rings (SSSR count). The van der Waals surface area contributed by atoms with Crippen LogP contribution in [0.1, 0.15) is 37.0 Å². The molecule has 0 unspecified atom stereocenters. The summed E-state index contributed by atoms with van der Waals surface area (Å²) in [5, 5.41) is 3.20. The van der Waals surface area contributed by atoms with E-state index >= 15 is 0 Å². The lowest BCUT2D eigenvalue weighted by Gasteiger charge is -2.28. The smallest absolute Gasteiger partial charge is 0.255 e. The molecule has 1 amide bonds. The molecule has 0 aliphatic carbocycles. The maximum atomic E-state index is 13.6. The minimum Gasteiger partial charge on any atom is -0.455 e. The Morgan fingerprint density at radius 1 is 1.00 bits per heavy atom. The number of hydrogen-bond donors (Lipinski definition) is 1. The summed E-state index contributed by atoms with van der Waals surface area (Å²) < 4.78 is 47.4. The number of benzene rings is 3. The van der Waals surface area contributed by atoms with Gasteiger partial charge in [-0.05, 0) is 41.8 Å². The Morgan fingerprint density at radius 2 is 1.65 bits per heavy atom. The standard InChI is InChI=1S/C29H31FN2O4S/c1-5-19(6-2)18-32(37(4,34)35)25-17-26-24(16-23(25)20-10-8-7-9-11-20)27(29(33)31-3)28(36-26)21-12-14-22(30)15-13-21/h7-17,19H,5-6,18H2,1-4H3,(H,31,33). The summed E-state index contributed by atoms with van der Waals surface area (Å²) in [6.45, 7) is 4.42. The molecule has 1 N–H and O–H groups in total. The summed E-state index contributed by atoms with van der Waals surface area (Å²) in [4.78, 5) is 13.0. The van der Waals surface area contributed by atoms with Gasteiger partial charge in [-0.1, -0.05) is 57.0 Å². The Balaban J connectivity index is 2.06. The van der Waals surface area contributed by atoms with Gasteiger partial charge in [0.05, 0.1) is 17.5 Å². The highest BCUT2D eigenvalue weighted by atomic mass is 32.2. The number of carbonyl (C=O) groups excluding carboxylic acids is 1. The van der Waals surface area contributed by atoms with Crippen LogP contribution < -0.4 is 9.62 Å². The van der Waals surface area contributed by atoms with Crippen LogP contribution in [-0.2, 0) is 10.0 Å². The van der Waals surface area contributed by atoms with Crippen LogP contribution in [0.2, 0.25) is 0 Å². The molecule has 4 aromatic rings. The van der Waals surface area contributed by atoms with Gasteiger partial charge in [0, 0.05) is 36.2 Å². The Bertz CT molecular complexity index is 1510. The van der Waals surface area contributed by atoms with Gasteiger partial charge in [0.2, 0.25) is 10.0 Å². The second kappa shape index (κ2) is 10.8. The number of sulfonamides is 1. The third kappa shape index (κ3) is 5.39. The van der Waals surface area contributed by atoms with E-state index in [9.17, 15) is 17.6 Å². The zero-order valence-electron chi connectivity index (χ0n) is 21.4. The summed E-state index contributed by atoms with van der Waals surface area (Å²) >= 11 is 0. The highest BCUT2D eigenvalue weighted by molar-refractivity contribution is 7.92. The largest absolute Gasteiger partial charge is 0.455 e. The van der Waals surface area contributed by atoms with Gasteiger partial charge in [-0.2, -0.15) is 0 Å². The Hall–Kier alpha value is -3.65. The van der Waals surface area contributed by atoms with E-state index in [0.717, 1.165) is 18.4 Å². The van der Waals surface area contributed by atoms with E-state index in [0.29, 0.717) is 39.9 Å². The van der Waals surface area contributed by atoms with Crippen LogP contribution in [-0.4, -0.2) is 34.2 Å². The first-order chi connectivity index (χ1) is 17.7. The van der Waals surface area contributed by atoms with Gasteiger partial charge in [-0.3, -0.25) is 9.10 Å². The van der Waals surface area contributed by atoms with Crippen LogP contribution in [0, 0.1) is 11.7 Å². The highest BCUT2D eigenvalue weighted by Gasteiger charge is 2.28. The molecule has 3 aromatic carbocycles. The maximum absolute atomic E-state index is 13.6. The zero-order chi connectivity index (χ0) is 26.7. The number of nitrogens with zero attached hydrogens (tertiary/aromatic N) is 1. The normalized spacial score (nSPS) is 11.7. The molecule has 0 radical (unpaired) electrons. The van der Waals surface area contributed by atoms with Gasteiger partial charge in [-0.15, -0.1) is 0 Å². The average molecular weight is 523 g/mol. The summed E-state index contributed by atoms with van der Waals surface area (Å²) in [6, 6.07) is 18.7. The molecular formula is C29H31FN2O4S. The molecular weight excluding hydrogens is 491 g/mol. The number of fused-ring (bicyclic) bond motifs is 1. The molecule has 0 spiro atoms. The zero-order valence-corrected chi connectivity index (χ0v) is 22.2. The molecule has 194 valence electrons. The SMILES string of the molecule is CCC(CC)CN(c1cc2oc(-c3ccc(F)cc3)c(C(=O)NC)c2cc1-c1ccccc1)S(C)(=O)=O. The van der Waals surface area contributed by atoms with Crippen molar-refractivity contribution >= 4 is 32.6 Å². The number of amides is 1. The molecule has 6 nitrogen and oxygen atoms in total. The Morgan fingerprint density at radius 3 is 2.22 bits per heavy atom. The van der Waals surface area contributed by atoms with Crippen LogP contribution in [0.3, 0.4) is 0 Å². The monoisotopic (exact) mass is 522 g/mol. The molecule has 0 fully saturated rings. The summed E-state index contributed by atoms with van der Waals surface area (Å²) in [5.41, 5.74) is 3.17. The predicted octanol–water partition coefficient (Wildman–Crippen LogP) is 6.47. The average Bonchev–Trinajstić information content (AvgIpc) is 3.27. The molecule has 1 heterocycles. The fourth-order valence-corrected chi connectivity index (χ4v) is 5.53. The number of halogens is 1. The highest BCUT2D eigenvalue weighted by Crippen LogP contribution is 2.42. The number of anilines is 1. The molecule has 1 aromatic heterocycles. The molecule has 0 aliphatic rings. The third-order valence-electron chi connectivity index (χ3n) is 6.70. The van der Waals surface area contributed by atoms with Gasteiger partial charge in [0.15, 0.2) is 0 Å². The molecule has 0 aliphatic heterocycles. The van der Waals surface area contributed by atoms with E-state index in [1.54, 1.807) is 18.2 Å². The molecule has 0 saturated carbocycles. The number of carbonyl (C=O) groups is 1. The Labute approximate surface area is 217 Å². The summed E-state index contributed by atoms with van der Waals surface area (Å²) in [5.74, 6) is -0.305. The van der Waals surface area contributed by atoms with E-state index in [2.05, 4.69) is 5.32 Å². The van der Waals surface area contributed by atoms with Crippen molar-refractivity contribution in [1.82, 2.24) is 5.32 Å². The number of nitrogens with one attached hydrogen (secondary N) is 1.